The van der Waals surface area contributed by atoms with E-state index in [1.54, 1.807) is 33.8 Å². The van der Waals surface area contributed by atoms with Crippen LogP contribution >= 0.6 is 0 Å². The molecule has 0 unspecified atom stereocenters. The van der Waals surface area contributed by atoms with Gasteiger partial charge in [0.1, 0.15) is 22.7 Å². The molecule has 1 N–H and O–H groups in total. The largest absolute Gasteiger partial charge is 0.462 e. The molecule has 0 saturated heterocycles. The van der Waals surface area contributed by atoms with E-state index in [2.05, 4.69) is 39.2 Å². The van der Waals surface area contributed by atoms with Gasteiger partial charge in [-0.15, -0.1) is 0 Å². The third-order valence-corrected chi connectivity index (χ3v) is 9.01. The molecule has 160 valence electrons. The number of carbonyl (C=O) groups is 2. The van der Waals surface area contributed by atoms with Gasteiger partial charge in [-0.2, -0.15) is 0 Å². The molecule has 7 nitrogen and oxygen atoms in total. The molecule has 0 bridgehead atoms. The Morgan fingerprint density at radius 2 is 1.75 bits per heavy atom. The highest BCUT2D eigenvalue weighted by atomic mass is 28.4. The fourth-order valence-corrected chi connectivity index (χ4v) is 2.94. The molecule has 0 aliphatic rings. The standard InChI is InChI=1S/C20H35NO6Si/c1-10-24-17(22)15-11-14(13-25-28(8,9)20(5,6)7)26-16(15)12-21-18(23)27-19(2,3)4/h11H,10,12-13H2,1-9H3,(H,21,23). The molecule has 1 aromatic heterocycles. The average Bonchev–Trinajstić information content (AvgIpc) is 2.92. The van der Waals surface area contributed by atoms with Crippen molar-refractivity contribution in [2.24, 2.45) is 0 Å². The van der Waals surface area contributed by atoms with Crippen LogP contribution in [-0.4, -0.2) is 32.6 Å². The monoisotopic (exact) mass is 413 g/mol. The van der Waals surface area contributed by atoms with Gasteiger partial charge in [0, 0.05) is 0 Å². The first kappa shape index (κ1) is 24.2. The third kappa shape index (κ3) is 7.31. The highest BCUT2D eigenvalue weighted by molar-refractivity contribution is 6.74. The third-order valence-electron chi connectivity index (χ3n) is 4.53. The van der Waals surface area contributed by atoms with Crippen LogP contribution in [0.15, 0.2) is 10.5 Å². The van der Waals surface area contributed by atoms with E-state index in [1.165, 1.54) is 0 Å². The minimum Gasteiger partial charge on any atom is -0.462 e. The molecule has 0 saturated carbocycles. The van der Waals surface area contributed by atoms with Gasteiger partial charge in [0.25, 0.3) is 0 Å². The van der Waals surface area contributed by atoms with Crippen molar-refractivity contribution in [3.8, 4) is 0 Å². The Bertz CT molecular complexity index is 682. The van der Waals surface area contributed by atoms with Crippen molar-refractivity contribution in [2.75, 3.05) is 6.61 Å². The van der Waals surface area contributed by atoms with Crippen molar-refractivity contribution in [1.82, 2.24) is 5.32 Å². The Morgan fingerprint density at radius 1 is 1.14 bits per heavy atom. The van der Waals surface area contributed by atoms with Crippen LogP contribution in [-0.2, 0) is 27.1 Å². The first-order valence-corrected chi connectivity index (χ1v) is 12.5. The normalized spacial score (nSPS) is 12.6. The Balaban J connectivity index is 2.93. The highest BCUT2D eigenvalue weighted by Gasteiger charge is 2.37. The molecule has 0 fully saturated rings. The summed E-state index contributed by atoms with van der Waals surface area (Å²) in [6, 6.07) is 1.62. The molecule has 28 heavy (non-hydrogen) atoms. The second-order valence-corrected chi connectivity index (χ2v) is 14.0. The average molecular weight is 414 g/mol. The predicted molar refractivity (Wildman–Crippen MR) is 110 cm³/mol. The fourth-order valence-electron chi connectivity index (χ4n) is 2.00. The zero-order chi connectivity index (χ0) is 21.8. The van der Waals surface area contributed by atoms with E-state index >= 15 is 0 Å². The molecule has 1 amide bonds. The number of furan rings is 1. The molecule has 0 aliphatic carbocycles. The molecule has 0 aromatic carbocycles. The Kier molecular flexibility index (Phi) is 7.90. The lowest BCUT2D eigenvalue weighted by molar-refractivity contribution is 0.0497. The number of hydrogen-bond acceptors (Lipinski definition) is 6. The molecular weight excluding hydrogens is 378 g/mol. The first-order chi connectivity index (χ1) is 12.7. The second-order valence-electron chi connectivity index (χ2n) is 9.17. The lowest BCUT2D eigenvalue weighted by atomic mass is 10.2. The number of carbonyl (C=O) groups excluding carboxylic acids is 2. The second kappa shape index (κ2) is 9.13. The van der Waals surface area contributed by atoms with Gasteiger partial charge in [-0.1, -0.05) is 20.8 Å². The van der Waals surface area contributed by atoms with E-state index in [9.17, 15) is 9.59 Å². The Morgan fingerprint density at radius 3 is 2.25 bits per heavy atom. The van der Waals surface area contributed by atoms with Crippen LogP contribution in [0.5, 0.6) is 0 Å². The molecule has 8 heteroatoms. The van der Waals surface area contributed by atoms with E-state index < -0.39 is 26.0 Å². The summed E-state index contributed by atoms with van der Waals surface area (Å²) in [5, 5.41) is 2.67. The Labute approximate surface area is 169 Å². The molecule has 0 radical (unpaired) electrons. The van der Waals surface area contributed by atoms with Gasteiger partial charge in [0.15, 0.2) is 8.32 Å². The summed E-state index contributed by atoms with van der Waals surface area (Å²) >= 11 is 0. The Hall–Kier alpha value is -1.80. The van der Waals surface area contributed by atoms with Gasteiger partial charge < -0.3 is 23.6 Å². The van der Waals surface area contributed by atoms with Crippen LogP contribution in [0.1, 0.15) is 70.3 Å². The highest BCUT2D eigenvalue weighted by Crippen LogP contribution is 2.37. The zero-order valence-corrected chi connectivity index (χ0v) is 19.6. The van der Waals surface area contributed by atoms with Crippen molar-refractivity contribution in [3.05, 3.63) is 23.2 Å². The van der Waals surface area contributed by atoms with Gasteiger partial charge in [0.2, 0.25) is 0 Å². The minimum absolute atomic E-state index is 0.0170. The summed E-state index contributed by atoms with van der Waals surface area (Å²) in [4.78, 5) is 24.2. The van der Waals surface area contributed by atoms with Crippen molar-refractivity contribution in [2.45, 2.75) is 85.4 Å². The molecule has 1 aromatic rings. The van der Waals surface area contributed by atoms with E-state index in [-0.39, 0.29) is 30.4 Å². The maximum Gasteiger partial charge on any atom is 0.408 e. The molecule has 0 spiro atoms. The quantitative estimate of drug-likeness (QED) is 0.500. The van der Waals surface area contributed by atoms with E-state index in [0.29, 0.717) is 11.5 Å². The van der Waals surface area contributed by atoms with Crippen LogP contribution < -0.4 is 5.32 Å². The van der Waals surface area contributed by atoms with E-state index in [4.69, 9.17) is 18.3 Å². The van der Waals surface area contributed by atoms with E-state index in [0.717, 1.165) is 0 Å². The molecular formula is C20H35NO6Si. The smallest absolute Gasteiger partial charge is 0.408 e. The number of hydrogen-bond donors (Lipinski definition) is 1. The van der Waals surface area contributed by atoms with Crippen molar-refractivity contribution in [1.29, 1.82) is 0 Å². The van der Waals surface area contributed by atoms with Crippen molar-refractivity contribution < 1.29 is 27.9 Å². The summed E-state index contributed by atoms with van der Waals surface area (Å²) in [5.74, 6) is 0.345. The van der Waals surface area contributed by atoms with Crippen LogP contribution in [0, 0.1) is 0 Å². The molecule has 0 aliphatic heterocycles. The van der Waals surface area contributed by atoms with Crippen molar-refractivity contribution >= 4 is 20.4 Å². The molecule has 0 atom stereocenters. The fraction of sp³-hybridized carbons (Fsp3) is 0.700. The van der Waals surface area contributed by atoms with Crippen molar-refractivity contribution in [3.63, 3.8) is 0 Å². The predicted octanol–water partition coefficient (Wildman–Crippen LogP) is 5.00. The van der Waals surface area contributed by atoms with Gasteiger partial charge in [-0.05, 0) is 51.9 Å². The molecule has 1 heterocycles. The summed E-state index contributed by atoms with van der Waals surface area (Å²) in [7, 11) is -1.97. The van der Waals surface area contributed by atoms with E-state index in [1.807, 2.05) is 0 Å². The van der Waals surface area contributed by atoms with Gasteiger partial charge in [-0.3, -0.25) is 0 Å². The zero-order valence-electron chi connectivity index (χ0n) is 18.6. The lowest BCUT2D eigenvalue weighted by Gasteiger charge is -2.35. The van der Waals surface area contributed by atoms with Crippen LogP contribution in [0.3, 0.4) is 0 Å². The summed E-state index contributed by atoms with van der Waals surface area (Å²) in [5.41, 5.74) is -0.328. The summed E-state index contributed by atoms with van der Waals surface area (Å²) < 4.78 is 22.3. The SMILES string of the molecule is CCOC(=O)c1cc(CO[Si](C)(C)C(C)(C)C)oc1CNC(=O)OC(C)(C)C. The molecule has 1 rings (SSSR count). The van der Waals surface area contributed by atoms with Gasteiger partial charge in [0.05, 0.1) is 19.8 Å². The first-order valence-electron chi connectivity index (χ1n) is 9.56. The van der Waals surface area contributed by atoms with Gasteiger partial charge in [-0.25, -0.2) is 9.59 Å². The topological polar surface area (TPSA) is 87.0 Å². The van der Waals surface area contributed by atoms with Crippen LogP contribution in [0.4, 0.5) is 4.79 Å². The van der Waals surface area contributed by atoms with Gasteiger partial charge >= 0.3 is 12.1 Å². The summed E-state index contributed by atoms with van der Waals surface area (Å²) in [6.07, 6.45) is -0.585. The van der Waals surface area contributed by atoms with Crippen LogP contribution in [0.25, 0.3) is 0 Å². The van der Waals surface area contributed by atoms with Crippen LogP contribution in [0.2, 0.25) is 18.1 Å². The minimum atomic E-state index is -1.97. The number of nitrogens with one attached hydrogen (secondary N) is 1. The maximum atomic E-state index is 12.3. The lowest BCUT2D eigenvalue weighted by Crippen LogP contribution is -2.40. The number of rotatable bonds is 7. The number of amides is 1. The number of ether oxygens (including phenoxy) is 2. The number of alkyl carbamates (subject to hydrolysis) is 1. The summed E-state index contributed by atoms with van der Waals surface area (Å²) in [6.45, 7) is 18.3. The number of esters is 1. The maximum absolute atomic E-state index is 12.3.